The van der Waals surface area contributed by atoms with Crippen molar-refractivity contribution in [2.45, 2.75) is 18.9 Å². The lowest BCUT2D eigenvalue weighted by molar-refractivity contribution is 0.542. The van der Waals surface area contributed by atoms with Crippen LogP contribution in [0.5, 0.6) is 0 Å². The fourth-order valence-electron chi connectivity index (χ4n) is 0.836. The van der Waals surface area contributed by atoms with Crippen LogP contribution < -0.4 is 16.8 Å². The van der Waals surface area contributed by atoms with Crippen LogP contribution in [0.1, 0.15) is 12.8 Å². The zero-order chi connectivity index (χ0) is 8.53. The van der Waals surface area contributed by atoms with Gasteiger partial charge in [0.1, 0.15) is 0 Å². The second-order valence-electron chi connectivity index (χ2n) is 2.58. The molecule has 0 saturated carbocycles. The third kappa shape index (κ3) is 8.52. The molecule has 0 spiro atoms. The van der Waals surface area contributed by atoms with E-state index in [1.807, 2.05) is 0 Å². The third-order valence-corrected chi connectivity index (χ3v) is 2.00. The summed E-state index contributed by atoms with van der Waals surface area (Å²) in [5, 5.41) is 3.27. The van der Waals surface area contributed by atoms with Crippen molar-refractivity contribution < 1.29 is 0 Å². The molecule has 0 unspecified atom stereocenters. The molecule has 0 fully saturated rings. The lowest BCUT2D eigenvalue weighted by Crippen LogP contribution is -2.34. The average Bonchev–Trinajstić information content (AvgIpc) is 2.01. The lowest BCUT2D eigenvalue weighted by Gasteiger charge is -2.10. The molecule has 0 radical (unpaired) electrons. The molecule has 11 heavy (non-hydrogen) atoms. The first kappa shape index (κ1) is 11.6. The summed E-state index contributed by atoms with van der Waals surface area (Å²) in [6.07, 6.45) is 2.07. The fourth-order valence-corrected chi connectivity index (χ4v) is 1.22. The van der Waals surface area contributed by atoms with Gasteiger partial charge in [0.15, 0.2) is 0 Å². The van der Waals surface area contributed by atoms with E-state index in [0.717, 1.165) is 36.9 Å². The largest absolute Gasteiger partial charge is 0.330 e. The monoisotopic (exact) mass is 271 g/mol. The maximum atomic E-state index is 5.78. The molecule has 0 rings (SSSR count). The Balaban J connectivity index is 3.02. The number of hydrogen-bond acceptors (Lipinski definition) is 3. The van der Waals surface area contributed by atoms with E-state index in [4.69, 9.17) is 11.5 Å². The molecule has 0 heterocycles. The van der Waals surface area contributed by atoms with Crippen LogP contribution in [0.25, 0.3) is 0 Å². The first-order chi connectivity index (χ1) is 5.31. The molecule has 0 aliphatic heterocycles. The molecule has 0 aromatic carbocycles. The SMILES string of the molecule is NCCC[C@H](N)CNCCI. The maximum absolute atomic E-state index is 5.78. The van der Waals surface area contributed by atoms with Crippen LogP contribution in [0.2, 0.25) is 0 Å². The molecule has 5 N–H and O–H groups in total. The van der Waals surface area contributed by atoms with Crippen molar-refractivity contribution >= 4 is 22.6 Å². The molecule has 0 aromatic rings. The normalized spacial score (nSPS) is 13.4. The maximum Gasteiger partial charge on any atom is 0.0165 e. The fraction of sp³-hybridized carbons (Fsp3) is 1.00. The van der Waals surface area contributed by atoms with Crippen LogP contribution in [0.4, 0.5) is 0 Å². The van der Waals surface area contributed by atoms with Gasteiger partial charge in [-0.1, -0.05) is 22.6 Å². The van der Waals surface area contributed by atoms with Gasteiger partial charge in [-0.15, -0.1) is 0 Å². The van der Waals surface area contributed by atoms with Gasteiger partial charge < -0.3 is 16.8 Å². The number of rotatable bonds is 7. The molecule has 1 atom stereocenters. The highest BCUT2D eigenvalue weighted by molar-refractivity contribution is 14.1. The lowest BCUT2D eigenvalue weighted by atomic mass is 10.2. The zero-order valence-corrected chi connectivity index (χ0v) is 9.01. The zero-order valence-electron chi connectivity index (χ0n) is 6.85. The Hall–Kier alpha value is 0.610. The Morgan fingerprint density at radius 1 is 1.45 bits per heavy atom. The highest BCUT2D eigenvalue weighted by Crippen LogP contribution is 1.90. The topological polar surface area (TPSA) is 64.1 Å². The van der Waals surface area contributed by atoms with Gasteiger partial charge in [0, 0.05) is 23.6 Å². The van der Waals surface area contributed by atoms with Crippen molar-refractivity contribution in [2.24, 2.45) is 11.5 Å². The highest BCUT2D eigenvalue weighted by Gasteiger charge is 1.99. The van der Waals surface area contributed by atoms with E-state index in [-0.39, 0.29) is 6.04 Å². The van der Waals surface area contributed by atoms with Gasteiger partial charge in [0.2, 0.25) is 0 Å². The molecule has 4 heteroatoms. The third-order valence-electron chi connectivity index (χ3n) is 1.46. The van der Waals surface area contributed by atoms with Crippen LogP contribution in [-0.2, 0) is 0 Å². The second-order valence-corrected chi connectivity index (χ2v) is 3.66. The first-order valence-electron chi connectivity index (χ1n) is 4.03. The minimum absolute atomic E-state index is 0.279. The van der Waals surface area contributed by atoms with Crippen LogP contribution in [-0.4, -0.2) is 30.1 Å². The van der Waals surface area contributed by atoms with Crippen LogP contribution >= 0.6 is 22.6 Å². The Morgan fingerprint density at radius 3 is 2.73 bits per heavy atom. The predicted molar refractivity (Wildman–Crippen MR) is 58.0 cm³/mol. The summed E-state index contributed by atoms with van der Waals surface area (Å²) in [5.41, 5.74) is 11.1. The average molecular weight is 271 g/mol. The molecule has 0 saturated heterocycles. The summed E-state index contributed by atoms with van der Waals surface area (Å²) in [6.45, 7) is 2.72. The number of hydrogen-bond donors (Lipinski definition) is 3. The number of nitrogens with one attached hydrogen (secondary N) is 1. The molecule has 0 bridgehead atoms. The molecular formula is C7H18IN3. The summed E-state index contributed by atoms with van der Waals surface area (Å²) in [4.78, 5) is 0. The van der Waals surface area contributed by atoms with Gasteiger partial charge in [-0.25, -0.2) is 0 Å². The van der Waals surface area contributed by atoms with E-state index >= 15 is 0 Å². The Bertz CT molecular complexity index is 80.1. The molecule has 68 valence electrons. The first-order valence-corrected chi connectivity index (χ1v) is 5.56. The molecular weight excluding hydrogens is 253 g/mol. The summed E-state index contributed by atoms with van der Waals surface area (Å²) in [7, 11) is 0. The molecule has 0 aliphatic carbocycles. The van der Waals surface area contributed by atoms with Crippen molar-refractivity contribution in [1.82, 2.24) is 5.32 Å². The second kappa shape index (κ2) is 8.70. The van der Waals surface area contributed by atoms with Crippen LogP contribution in [0.3, 0.4) is 0 Å². The van der Waals surface area contributed by atoms with Crippen molar-refractivity contribution in [3.05, 3.63) is 0 Å². The minimum Gasteiger partial charge on any atom is -0.330 e. The van der Waals surface area contributed by atoms with E-state index in [1.54, 1.807) is 0 Å². The van der Waals surface area contributed by atoms with Gasteiger partial charge in [-0.3, -0.25) is 0 Å². The van der Waals surface area contributed by atoms with Crippen molar-refractivity contribution in [2.75, 3.05) is 24.1 Å². The van der Waals surface area contributed by atoms with Gasteiger partial charge in [0.25, 0.3) is 0 Å². The van der Waals surface area contributed by atoms with E-state index in [1.165, 1.54) is 0 Å². The highest BCUT2D eigenvalue weighted by atomic mass is 127. The van der Waals surface area contributed by atoms with E-state index in [2.05, 4.69) is 27.9 Å². The molecule has 0 aromatic heterocycles. The van der Waals surface area contributed by atoms with E-state index in [9.17, 15) is 0 Å². The van der Waals surface area contributed by atoms with Crippen molar-refractivity contribution in [3.63, 3.8) is 0 Å². The van der Waals surface area contributed by atoms with Crippen molar-refractivity contribution in [1.29, 1.82) is 0 Å². The Morgan fingerprint density at radius 2 is 2.18 bits per heavy atom. The quantitative estimate of drug-likeness (QED) is 0.349. The van der Waals surface area contributed by atoms with Crippen molar-refractivity contribution in [3.8, 4) is 0 Å². The van der Waals surface area contributed by atoms with Crippen LogP contribution in [0, 0.1) is 0 Å². The van der Waals surface area contributed by atoms with E-state index in [0.29, 0.717) is 0 Å². The standard InChI is InChI=1S/C7H18IN3/c8-3-5-11-6-7(10)2-1-4-9/h7,11H,1-6,9-10H2/t7-/m0/s1. The van der Waals surface area contributed by atoms with Gasteiger partial charge in [-0.2, -0.15) is 0 Å². The van der Waals surface area contributed by atoms with Gasteiger partial charge >= 0.3 is 0 Å². The Kier molecular flexibility index (Phi) is 9.19. The summed E-state index contributed by atoms with van der Waals surface area (Å²) >= 11 is 2.34. The molecule has 0 amide bonds. The number of alkyl halides is 1. The Labute approximate surface area is 82.4 Å². The number of halogens is 1. The summed E-state index contributed by atoms with van der Waals surface area (Å²) in [5.74, 6) is 0. The molecule has 0 aliphatic rings. The summed E-state index contributed by atoms with van der Waals surface area (Å²) in [6, 6.07) is 0.279. The summed E-state index contributed by atoms with van der Waals surface area (Å²) < 4.78 is 1.14. The molecule has 3 nitrogen and oxygen atoms in total. The van der Waals surface area contributed by atoms with Gasteiger partial charge in [-0.05, 0) is 19.4 Å². The van der Waals surface area contributed by atoms with Gasteiger partial charge in [0.05, 0.1) is 0 Å². The minimum atomic E-state index is 0.279. The van der Waals surface area contributed by atoms with Crippen LogP contribution in [0.15, 0.2) is 0 Å². The predicted octanol–water partition coefficient (Wildman–Crippen LogP) is 0.0772. The number of nitrogens with two attached hydrogens (primary N) is 2. The smallest absolute Gasteiger partial charge is 0.0165 e. The van der Waals surface area contributed by atoms with E-state index < -0.39 is 0 Å².